The zero-order chi connectivity index (χ0) is 12.8. The van der Waals surface area contributed by atoms with E-state index in [2.05, 4.69) is 0 Å². The fraction of sp³-hybridized carbons (Fsp3) is 0.846. The van der Waals surface area contributed by atoms with Gasteiger partial charge in [0.05, 0.1) is 6.61 Å². The first-order valence-electron chi connectivity index (χ1n) is 6.41. The summed E-state index contributed by atoms with van der Waals surface area (Å²) in [5.74, 6) is 0.679. The summed E-state index contributed by atoms with van der Waals surface area (Å²) in [6, 6.07) is 0. The second-order valence-corrected chi connectivity index (χ2v) is 4.96. The van der Waals surface area contributed by atoms with Gasteiger partial charge in [0.15, 0.2) is 0 Å². The first-order chi connectivity index (χ1) is 8.04. The van der Waals surface area contributed by atoms with Crippen LogP contribution in [-0.2, 0) is 14.3 Å². The van der Waals surface area contributed by atoms with E-state index >= 15 is 0 Å². The smallest absolute Gasteiger partial charge is 0.306 e. The van der Waals surface area contributed by atoms with Gasteiger partial charge in [-0.05, 0) is 38.5 Å². The minimum Gasteiger partial charge on any atom is -0.466 e. The van der Waals surface area contributed by atoms with Gasteiger partial charge in [-0.3, -0.25) is 9.59 Å². The summed E-state index contributed by atoms with van der Waals surface area (Å²) < 4.78 is 4.94. The Balaban J connectivity index is 2.31. The number of nitrogens with zero attached hydrogens (tertiary/aromatic N) is 1. The van der Waals surface area contributed by atoms with Gasteiger partial charge in [-0.1, -0.05) is 0 Å². The van der Waals surface area contributed by atoms with E-state index in [0.717, 1.165) is 25.7 Å². The first kappa shape index (κ1) is 14.0. The van der Waals surface area contributed by atoms with Gasteiger partial charge in [0.25, 0.3) is 0 Å². The van der Waals surface area contributed by atoms with E-state index in [4.69, 9.17) is 4.74 Å². The van der Waals surface area contributed by atoms with Gasteiger partial charge in [0.1, 0.15) is 0 Å². The molecule has 0 atom stereocenters. The molecule has 4 nitrogen and oxygen atoms in total. The van der Waals surface area contributed by atoms with E-state index < -0.39 is 0 Å². The molecule has 1 amide bonds. The van der Waals surface area contributed by atoms with Crippen LogP contribution in [-0.4, -0.2) is 37.5 Å². The molecule has 0 unspecified atom stereocenters. The predicted molar refractivity (Wildman–Crippen MR) is 65.4 cm³/mol. The number of carbonyl (C=O) groups excluding carboxylic acids is 2. The molecule has 17 heavy (non-hydrogen) atoms. The molecule has 0 bridgehead atoms. The highest BCUT2D eigenvalue weighted by molar-refractivity contribution is 5.78. The normalized spacial score (nSPS) is 24.2. The van der Waals surface area contributed by atoms with E-state index in [1.54, 1.807) is 19.0 Å². The summed E-state index contributed by atoms with van der Waals surface area (Å²) in [6.07, 6.45) is 4.24. The molecule has 98 valence electrons. The molecule has 1 fully saturated rings. The molecule has 0 aromatic carbocycles. The van der Waals surface area contributed by atoms with Crippen molar-refractivity contribution in [3.05, 3.63) is 0 Å². The summed E-state index contributed by atoms with van der Waals surface area (Å²) in [5, 5.41) is 0. The van der Waals surface area contributed by atoms with Crippen LogP contribution in [0, 0.1) is 11.8 Å². The van der Waals surface area contributed by atoms with E-state index in [-0.39, 0.29) is 17.8 Å². The van der Waals surface area contributed by atoms with Gasteiger partial charge in [-0.15, -0.1) is 0 Å². The molecule has 0 aliphatic heterocycles. The number of ether oxygens (including phenoxy) is 1. The van der Waals surface area contributed by atoms with Crippen LogP contribution in [0.15, 0.2) is 0 Å². The minimum absolute atomic E-state index is 0.102. The standard InChI is InChI=1S/C13H23NO3/c1-4-17-12(15)9-10-5-7-11(8-6-10)13(16)14(2)3/h10-11H,4-9H2,1-3H3/t10-,11-. The highest BCUT2D eigenvalue weighted by Gasteiger charge is 2.28. The lowest BCUT2D eigenvalue weighted by atomic mass is 9.80. The number of esters is 1. The summed E-state index contributed by atoms with van der Waals surface area (Å²) in [5.41, 5.74) is 0. The van der Waals surface area contributed by atoms with Crippen LogP contribution >= 0.6 is 0 Å². The largest absolute Gasteiger partial charge is 0.466 e. The highest BCUT2D eigenvalue weighted by atomic mass is 16.5. The topological polar surface area (TPSA) is 46.6 Å². The second kappa shape index (κ2) is 6.62. The van der Waals surface area contributed by atoms with Gasteiger partial charge in [-0.25, -0.2) is 0 Å². The Bertz CT molecular complexity index is 268. The van der Waals surface area contributed by atoms with E-state index in [1.165, 1.54) is 0 Å². The van der Waals surface area contributed by atoms with Crippen LogP contribution in [0.4, 0.5) is 0 Å². The molecule has 0 saturated heterocycles. The third-order valence-corrected chi connectivity index (χ3v) is 3.40. The number of hydrogen-bond acceptors (Lipinski definition) is 3. The van der Waals surface area contributed by atoms with Crippen LogP contribution in [0.25, 0.3) is 0 Å². The van der Waals surface area contributed by atoms with Crippen molar-refractivity contribution >= 4 is 11.9 Å². The van der Waals surface area contributed by atoms with Crippen LogP contribution in [0.3, 0.4) is 0 Å². The maximum absolute atomic E-state index is 11.8. The van der Waals surface area contributed by atoms with Crippen LogP contribution < -0.4 is 0 Å². The van der Waals surface area contributed by atoms with Crippen molar-refractivity contribution in [2.45, 2.75) is 39.0 Å². The monoisotopic (exact) mass is 241 g/mol. The Morgan fingerprint density at radius 3 is 2.24 bits per heavy atom. The number of hydrogen-bond donors (Lipinski definition) is 0. The SMILES string of the molecule is CCOC(=O)C[C@H]1CC[C@H](C(=O)N(C)C)CC1. The molecule has 0 heterocycles. The Kier molecular flexibility index (Phi) is 5.45. The van der Waals surface area contributed by atoms with Crippen molar-refractivity contribution in [1.29, 1.82) is 0 Å². The third kappa shape index (κ3) is 4.36. The van der Waals surface area contributed by atoms with Gasteiger partial charge >= 0.3 is 5.97 Å². The minimum atomic E-state index is -0.102. The molecule has 1 aliphatic rings. The average molecular weight is 241 g/mol. The van der Waals surface area contributed by atoms with Crippen molar-refractivity contribution in [1.82, 2.24) is 4.90 Å². The van der Waals surface area contributed by atoms with Crippen molar-refractivity contribution in [3.63, 3.8) is 0 Å². The molecule has 0 aromatic heterocycles. The van der Waals surface area contributed by atoms with Gasteiger partial charge in [-0.2, -0.15) is 0 Å². The van der Waals surface area contributed by atoms with Gasteiger partial charge < -0.3 is 9.64 Å². The molecule has 1 aliphatic carbocycles. The maximum Gasteiger partial charge on any atom is 0.306 e. The Labute approximate surface area is 103 Å². The zero-order valence-electron chi connectivity index (χ0n) is 11.1. The lowest BCUT2D eigenvalue weighted by Crippen LogP contribution is -2.32. The van der Waals surface area contributed by atoms with E-state index in [0.29, 0.717) is 18.9 Å². The highest BCUT2D eigenvalue weighted by Crippen LogP contribution is 2.31. The fourth-order valence-electron chi connectivity index (χ4n) is 2.43. The van der Waals surface area contributed by atoms with Gasteiger partial charge in [0, 0.05) is 26.4 Å². The van der Waals surface area contributed by atoms with Gasteiger partial charge in [0.2, 0.25) is 5.91 Å². The predicted octanol–water partition coefficient (Wildman–Crippen LogP) is 1.83. The van der Waals surface area contributed by atoms with Crippen LogP contribution in [0.5, 0.6) is 0 Å². The first-order valence-corrected chi connectivity index (χ1v) is 6.41. The third-order valence-electron chi connectivity index (χ3n) is 3.40. The molecule has 0 spiro atoms. The second-order valence-electron chi connectivity index (χ2n) is 4.96. The zero-order valence-corrected chi connectivity index (χ0v) is 11.1. The summed E-state index contributed by atoms with van der Waals surface area (Å²) in [7, 11) is 3.60. The van der Waals surface area contributed by atoms with Crippen molar-refractivity contribution in [2.24, 2.45) is 11.8 Å². The number of amides is 1. The van der Waals surface area contributed by atoms with E-state index in [9.17, 15) is 9.59 Å². The maximum atomic E-state index is 11.8. The van der Waals surface area contributed by atoms with E-state index in [1.807, 2.05) is 6.92 Å². The molecular formula is C13H23NO3. The Hall–Kier alpha value is -1.06. The number of carbonyl (C=O) groups is 2. The Morgan fingerprint density at radius 1 is 1.18 bits per heavy atom. The molecule has 1 rings (SSSR count). The molecule has 0 radical (unpaired) electrons. The average Bonchev–Trinajstić information content (AvgIpc) is 2.29. The quantitative estimate of drug-likeness (QED) is 0.705. The molecule has 0 aromatic rings. The Morgan fingerprint density at radius 2 is 1.76 bits per heavy atom. The fourth-order valence-corrected chi connectivity index (χ4v) is 2.43. The lowest BCUT2D eigenvalue weighted by Gasteiger charge is -2.28. The summed E-state index contributed by atoms with van der Waals surface area (Å²) in [6.45, 7) is 2.28. The van der Waals surface area contributed by atoms with Crippen molar-refractivity contribution in [3.8, 4) is 0 Å². The summed E-state index contributed by atoms with van der Waals surface area (Å²) in [4.78, 5) is 24.8. The molecule has 0 N–H and O–H groups in total. The van der Waals surface area contributed by atoms with Crippen LogP contribution in [0.1, 0.15) is 39.0 Å². The molecule has 4 heteroatoms. The number of rotatable bonds is 4. The van der Waals surface area contributed by atoms with Crippen molar-refractivity contribution in [2.75, 3.05) is 20.7 Å². The lowest BCUT2D eigenvalue weighted by molar-refractivity contribution is -0.144. The van der Waals surface area contributed by atoms with Crippen molar-refractivity contribution < 1.29 is 14.3 Å². The molecule has 1 saturated carbocycles. The molecular weight excluding hydrogens is 218 g/mol. The summed E-state index contributed by atoms with van der Waals surface area (Å²) >= 11 is 0. The van der Waals surface area contributed by atoms with Crippen LogP contribution in [0.2, 0.25) is 0 Å².